The maximum atomic E-state index is 4.24. The van der Waals surface area contributed by atoms with Crippen molar-refractivity contribution >= 4 is 0 Å². The van der Waals surface area contributed by atoms with Crippen molar-refractivity contribution in [3.8, 4) is 0 Å². The highest BCUT2D eigenvalue weighted by Crippen LogP contribution is 2.21. The first-order chi connectivity index (χ1) is 10.0. The van der Waals surface area contributed by atoms with E-state index in [9.17, 15) is 0 Å². The van der Waals surface area contributed by atoms with E-state index < -0.39 is 0 Å². The minimum Gasteiger partial charge on any atom is -0.311 e. The van der Waals surface area contributed by atoms with Crippen LogP contribution in [0.4, 0.5) is 0 Å². The summed E-state index contributed by atoms with van der Waals surface area (Å²) in [6, 6.07) is 0.699. The molecule has 2 heterocycles. The Kier molecular flexibility index (Phi) is 6.18. The van der Waals surface area contributed by atoms with Crippen LogP contribution < -0.4 is 5.32 Å². The van der Waals surface area contributed by atoms with E-state index in [0.29, 0.717) is 12.0 Å². The van der Waals surface area contributed by atoms with Crippen LogP contribution in [0, 0.1) is 11.8 Å². The average Bonchev–Trinajstić information content (AvgIpc) is 2.85. The molecule has 1 saturated heterocycles. The quantitative estimate of drug-likeness (QED) is 0.837. The zero-order valence-electron chi connectivity index (χ0n) is 14.0. The van der Waals surface area contributed by atoms with Gasteiger partial charge in [0.05, 0.1) is 12.2 Å². The number of rotatable bonds is 7. The van der Waals surface area contributed by atoms with Gasteiger partial charge in [0.1, 0.15) is 0 Å². The lowest BCUT2D eigenvalue weighted by molar-refractivity contribution is 0.123. The summed E-state index contributed by atoms with van der Waals surface area (Å²) in [5, 5.41) is 11.9. The maximum Gasteiger partial charge on any atom is 0.0964 e. The van der Waals surface area contributed by atoms with Crippen LogP contribution in [0.25, 0.3) is 0 Å². The Balaban J connectivity index is 1.72. The predicted octanol–water partition coefficient (Wildman–Crippen LogP) is 2.14. The second kappa shape index (κ2) is 7.90. The largest absolute Gasteiger partial charge is 0.311 e. The fourth-order valence-electron chi connectivity index (χ4n) is 3.04. The molecule has 1 aromatic heterocycles. The molecule has 1 fully saturated rings. The zero-order chi connectivity index (χ0) is 15.2. The first kappa shape index (κ1) is 16.4. The molecule has 0 amide bonds. The van der Waals surface area contributed by atoms with Gasteiger partial charge in [-0.1, -0.05) is 26.0 Å². The fraction of sp³-hybridized carbons (Fsp3) is 0.875. The van der Waals surface area contributed by atoms with Crippen molar-refractivity contribution in [2.75, 3.05) is 19.6 Å². The number of piperidine rings is 1. The topological polar surface area (TPSA) is 46.0 Å². The van der Waals surface area contributed by atoms with Crippen LogP contribution in [0.3, 0.4) is 0 Å². The van der Waals surface area contributed by atoms with Gasteiger partial charge in [-0.05, 0) is 44.7 Å². The monoisotopic (exact) mass is 293 g/mol. The predicted molar refractivity (Wildman–Crippen MR) is 86.0 cm³/mol. The van der Waals surface area contributed by atoms with Gasteiger partial charge in [0.15, 0.2) is 0 Å². The second-order valence-corrected chi connectivity index (χ2v) is 7.01. The van der Waals surface area contributed by atoms with Gasteiger partial charge >= 0.3 is 0 Å². The van der Waals surface area contributed by atoms with E-state index in [1.54, 1.807) is 0 Å². The van der Waals surface area contributed by atoms with Gasteiger partial charge in [-0.15, -0.1) is 5.10 Å². The van der Waals surface area contributed by atoms with E-state index >= 15 is 0 Å². The summed E-state index contributed by atoms with van der Waals surface area (Å²) in [4.78, 5) is 2.58. The third kappa shape index (κ3) is 5.40. The van der Waals surface area contributed by atoms with E-state index in [4.69, 9.17) is 0 Å². The number of hydrogen-bond donors (Lipinski definition) is 1. The van der Waals surface area contributed by atoms with Gasteiger partial charge in [-0.25, -0.2) is 0 Å². The summed E-state index contributed by atoms with van der Waals surface area (Å²) in [7, 11) is 0. The van der Waals surface area contributed by atoms with Gasteiger partial charge in [0.2, 0.25) is 0 Å². The van der Waals surface area contributed by atoms with E-state index in [-0.39, 0.29) is 0 Å². The first-order valence-electron chi connectivity index (χ1n) is 8.38. The smallest absolute Gasteiger partial charge is 0.0964 e. The van der Waals surface area contributed by atoms with Gasteiger partial charge in [-0.3, -0.25) is 9.58 Å². The molecule has 0 spiro atoms. The zero-order valence-corrected chi connectivity index (χ0v) is 14.0. The number of nitrogens with zero attached hydrogens (tertiary/aromatic N) is 4. The molecule has 2 atom stereocenters. The lowest BCUT2D eigenvalue weighted by Gasteiger charge is -2.36. The van der Waals surface area contributed by atoms with Crippen molar-refractivity contribution in [2.24, 2.45) is 11.8 Å². The highest BCUT2D eigenvalue weighted by molar-refractivity contribution is 4.91. The number of likely N-dealkylation sites (tertiary alicyclic amines) is 1. The number of aromatic nitrogens is 3. The molecule has 1 aromatic rings. The molecule has 0 bridgehead atoms. The van der Waals surface area contributed by atoms with Crippen LogP contribution in [0.2, 0.25) is 0 Å². The van der Waals surface area contributed by atoms with Crippen molar-refractivity contribution in [2.45, 2.75) is 59.7 Å². The molecule has 21 heavy (non-hydrogen) atoms. The Morgan fingerprint density at radius 3 is 2.86 bits per heavy atom. The molecule has 5 nitrogen and oxygen atoms in total. The fourth-order valence-corrected chi connectivity index (χ4v) is 3.04. The molecule has 0 saturated carbocycles. The normalized spacial score (nSPS) is 23.9. The molecule has 0 radical (unpaired) electrons. The molecule has 1 N–H and O–H groups in total. The third-order valence-electron chi connectivity index (χ3n) is 4.34. The summed E-state index contributed by atoms with van der Waals surface area (Å²) in [5.74, 6) is 1.55. The van der Waals surface area contributed by atoms with E-state index in [2.05, 4.69) is 54.4 Å². The van der Waals surface area contributed by atoms with Gasteiger partial charge in [0, 0.05) is 25.3 Å². The third-order valence-corrected chi connectivity index (χ3v) is 4.34. The highest BCUT2D eigenvalue weighted by Gasteiger charge is 2.22. The minimum absolute atomic E-state index is 0.669. The molecule has 0 aromatic carbocycles. The van der Waals surface area contributed by atoms with Crippen LogP contribution >= 0.6 is 0 Å². The minimum atomic E-state index is 0.669. The van der Waals surface area contributed by atoms with E-state index in [1.807, 2.05) is 4.68 Å². The van der Waals surface area contributed by atoms with Crippen LogP contribution in [0.5, 0.6) is 0 Å². The first-order valence-corrected chi connectivity index (χ1v) is 8.38. The summed E-state index contributed by atoms with van der Waals surface area (Å²) in [6.07, 6.45) is 4.72. The number of nitrogens with one attached hydrogen (secondary N) is 1. The van der Waals surface area contributed by atoms with Crippen molar-refractivity contribution in [3.63, 3.8) is 0 Å². The van der Waals surface area contributed by atoms with Crippen LogP contribution in [0.1, 0.15) is 46.2 Å². The summed E-state index contributed by atoms with van der Waals surface area (Å²) in [6.45, 7) is 14.2. The lowest BCUT2D eigenvalue weighted by atomic mass is 9.93. The van der Waals surface area contributed by atoms with Crippen molar-refractivity contribution in [1.82, 2.24) is 25.2 Å². The maximum absolute atomic E-state index is 4.24. The molecule has 1 aliphatic heterocycles. The van der Waals surface area contributed by atoms with Crippen molar-refractivity contribution in [1.29, 1.82) is 0 Å². The number of hydrogen-bond acceptors (Lipinski definition) is 4. The van der Waals surface area contributed by atoms with E-state index in [1.165, 1.54) is 19.4 Å². The second-order valence-electron chi connectivity index (χ2n) is 7.01. The molecule has 1 aliphatic rings. The molecular formula is C16H31N5. The van der Waals surface area contributed by atoms with Gasteiger partial charge < -0.3 is 5.32 Å². The molecule has 120 valence electrons. The summed E-state index contributed by atoms with van der Waals surface area (Å²) >= 11 is 0. The van der Waals surface area contributed by atoms with Crippen LogP contribution in [-0.4, -0.2) is 45.6 Å². The Labute approximate surface area is 129 Å². The Morgan fingerprint density at radius 1 is 1.33 bits per heavy atom. The average molecular weight is 293 g/mol. The SMILES string of the molecule is CC(C)CNCc1cn(CCN2CCC(C)CC2C)nn1. The van der Waals surface area contributed by atoms with Gasteiger partial charge in [0.25, 0.3) is 0 Å². The Hall–Kier alpha value is -0.940. The molecule has 2 rings (SSSR count). The van der Waals surface area contributed by atoms with Crippen molar-refractivity contribution in [3.05, 3.63) is 11.9 Å². The van der Waals surface area contributed by atoms with E-state index in [0.717, 1.165) is 37.8 Å². The van der Waals surface area contributed by atoms with Gasteiger partial charge in [-0.2, -0.15) is 0 Å². The highest BCUT2D eigenvalue weighted by atomic mass is 15.4. The lowest BCUT2D eigenvalue weighted by Crippen LogP contribution is -2.41. The molecule has 2 unspecified atom stereocenters. The Morgan fingerprint density at radius 2 is 2.14 bits per heavy atom. The summed E-state index contributed by atoms with van der Waals surface area (Å²) in [5.41, 5.74) is 1.04. The molecular weight excluding hydrogens is 262 g/mol. The Bertz CT molecular complexity index is 415. The molecule has 0 aliphatic carbocycles. The standard InChI is InChI=1S/C16H31N5/c1-13(2)10-17-11-16-12-21(19-18-16)8-7-20-6-5-14(3)9-15(20)4/h12-15,17H,5-11H2,1-4H3. The summed E-state index contributed by atoms with van der Waals surface area (Å²) < 4.78 is 1.98. The van der Waals surface area contributed by atoms with Crippen LogP contribution in [0.15, 0.2) is 6.20 Å². The van der Waals surface area contributed by atoms with Crippen molar-refractivity contribution < 1.29 is 0 Å². The van der Waals surface area contributed by atoms with Crippen LogP contribution in [-0.2, 0) is 13.1 Å². The molecule has 5 heteroatoms.